The fourth-order valence-electron chi connectivity index (χ4n) is 2.51. The van der Waals surface area contributed by atoms with Crippen LogP contribution in [0.5, 0.6) is 0 Å². The minimum absolute atomic E-state index is 0.0555. The van der Waals surface area contributed by atoms with Crippen molar-refractivity contribution in [3.63, 3.8) is 0 Å². The first-order valence-corrected chi connectivity index (χ1v) is 8.16. The average Bonchev–Trinajstić information content (AvgIpc) is 2.45. The van der Waals surface area contributed by atoms with Gasteiger partial charge >= 0.3 is 11.9 Å². The molecule has 0 bridgehead atoms. The Morgan fingerprint density at radius 3 is 2.04 bits per heavy atom. The van der Waals surface area contributed by atoms with E-state index in [0.29, 0.717) is 5.92 Å². The second kappa shape index (κ2) is 11.4. The van der Waals surface area contributed by atoms with Crippen LogP contribution in [0, 0.1) is 11.8 Å². The maximum absolute atomic E-state index is 12.0. The molecule has 0 aromatic rings. The van der Waals surface area contributed by atoms with Gasteiger partial charge in [-0.3, -0.25) is 19.2 Å². The molecule has 2 atom stereocenters. The fraction of sp³-hybridized carbons (Fsp3) is 0.750. The third-order valence-corrected chi connectivity index (χ3v) is 3.63. The van der Waals surface area contributed by atoms with E-state index in [1.807, 2.05) is 6.92 Å². The molecule has 2 amide bonds. The number of hydrogen-bond donors (Lipinski definition) is 3. The molecule has 0 radical (unpaired) electrons. The zero-order valence-electron chi connectivity index (χ0n) is 14.6. The molecule has 3 N–H and O–H groups in total. The summed E-state index contributed by atoms with van der Waals surface area (Å²) >= 11 is 0. The maximum Gasteiger partial charge on any atom is 0.323 e. The van der Waals surface area contributed by atoms with Gasteiger partial charge in [0.25, 0.3) is 0 Å². The summed E-state index contributed by atoms with van der Waals surface area (Å²) in [5.41, 5.74) is 0. The molecular formula is C16H28N2O6. The first-order chi connectivity index (χ1) is 11.2. The van der Waals surface area contributed by atoms with Gasteiger partial charge in [-0.2, -0.15) is 0 Å². The monoisotopic (exact) mass is 344 g/mol. The first-order valence-electron chi connectivity index (χ1n) is 8.16. The molecule has 0 aliphatic rings. The zero-order chi connectivity index (χ0) is 18.7. The summed E-state index contributed by atoms with van der Waals surface area (Å²) < 4.78 is 0. The van der Waals surface area contributed by atoms with Crippen LogP contribution in [0.15, 0.2) is 0 Å². The number of aliphatic carboxylic acids is 2. The van der Waals surface area contributed by atoms with Gasteiger partial charge < -0.3 is 20.4 Å². The molecule has 0 saturated carbocycles. The Morgan fingerprint density at radius 1 is 1.04 bits per heavy atom. The van der Waals surface area contributed by atoms with Crippen LogP contribution >= 0.6 is 0 Å². The summed E-state index contributed by atoms with van der Waals surface area (Å²) in [6, 6.07) is 0. The van der Waals surface area contributed by atoms with E-state index in [-0.39, 0.29) is 24.8 Å². The van der Waals surface area contributed by atoms with Gasteiger partial charge in [0.15, 0.2) is 0 Å². The van der Waals surface area contributed by atoms with Crippen LogP contribution in [-0.2, 0) is 19.2 Å². The van der Waals surface area contributed by atoms with Crippen LogP contribution in [0.2, 0.25) is 0 Å². The number of carboxylic acid groups (broad SMARTS) is 2. The second-order valence-corrected chi connectivity index (χ2v) is 6.11. The number of rotatable bonds is 12. The predicted octanol–water partition coefficient (Wildman–Crippen LogP) is 0.953. The van der Waals surface area contributed by atoms with Gasteiger partial charge in [0, 0.05) is 18.9 Å². The smallest absolute Gasteiger partial charge is 0.323 e. The number of amides is 2. The van der Waals surface area contributed by atoms with Gasteiger partial charge in [0.05, 0.1) is 0 Å². The quantitative estimate of drug-likeness (QED) is 0.484. The lowest BCUT2D eigenvalue weighted by molar-refractivity contribution is -0.149. The van der Waals surface area contributed by atoms with Gasteiger partial charge in [-0.25, -0.2) is 0 Å². The topological polar surface area (TPSA) is 124 Å². The molecule has 0 saturated heterocycles. The Labute approximate surface area is 142 Å². The Hall–Kier alpha value is -2.12. The van der Waals surface area contributed by atoms with Crippen LogP contribution in [0.25, 0.3) is 0 Å². The molecule has 8 nitrogen and oxygen atoms in total. The van der Waals surface area contributed by atoms with Gasteiger partial charge in [0.1, 0.15) is 13.1 Å². The average molecular weight is 344 g/mol. The molecule has 8 heteroatoms. The lowest BCUT2D eigenvalue weighted by atomic mass is 9.93. The molecule has 2 unspecified atom stereocenters. The van der Waals surface area contributed by atoms with Crippen molar-refractivity contribution in [1.82, 2.24) is 10.2 Å². The van der Waals surface area contributed by atoms with Crippen LogP contribution in [0.3, 0.4) is 0 Å². The van der Waals surface area contributed by atoms with Gasteiger partial charge in [-0.05, 0) is 12.3 Å². The highest BCUT2D eigenvalue weighted by molar-refractivity contribution is 5.85. The van der Waals surface area contributed by atoms with Crippen molar-refractivity contribution in [2.45, 2.75) is 46.5 Å². The molecule has 0 aliphatic heterocycles. The SMILES string of the molecule is CCCC(C)CC(C)C(=O)NCCC(=O)N(CC(=O)O)CC(=O)O. The minimum atomic E-state index is -1.29. The highest BCUT2D eigenvalue weighted by atomic mass is 16.4. The van der Waals surface area contributed by atoms with Crippen molar-refractivity contribution in [2.75, 3.05) is 19.6 Å². The van der Waals surface area contributed by atoms with Gasteiger partial charge in [0.2, 0.25) is 11.8 Å². The number of carbonyl (C=O) groups is 4. The van der Waals surface area contributed by atoms with E-state index in [4.69, 9.17) is 10.2 Å². The number of carboxylic acids is 2. The Morgan fingerprint density at radius 2 is 1.58 bits per heavy atom. The maximum atomic E-state index is 12.0. The van der Waals surface area contributed by atoms with Crippen molar-refractivity contribution >= 4 is 23.8 Å². The van der Waals surface area contributed by atoms with Crippen LogP contribution in [0.1, 0.15) is 46.5 Å². The molecule has 24 heavy (non-hydrogen) atoms. The summed E-state index contributed by atoms with van der Waals surface area (Å²) in [4.78, 5) is 45.9. The Kier molecular flexibility index (Phi) is 10.4. The predicted molar refractivity (Wildman–Crippen MR) is 87.3 cm³/mol. The zero-order valence-corrected chi connectivity index (χ0v) is 14.6. The van der Waals surface area contributed by atoms with E-state index < -0.39 is 30.9 Å². The molecular weight excluding hydrogens is 316 g/mol. The second-order valence-electron chi connectivity index (χ2n) is 6.11. The molecule has 0 fully saturated rings. The number of carbonyl (C=O) groups excluding carboxylic acids is 2. The van der Waals surface area contributed by atoms with Crippen molar-refractivity contribution < 1.29 is 29.4 Å². The van der Waals surface area contributed by atoms with E-state index in [1.54, 1.807) is 0 Å². The van der Waals surface area contributed by atoms with Crippen LogP contribution < -0.4 is 5.32 Å². The van der Waals surface area contributed by atoms with E-state index in [9.17, 15) is 19.2 Å². The Balaban J connectivity index is 4.30. The minimum Gasteiger partial charge on any atom is -0.480 e. The number of hydrogen-bond acceptors (Lipinski definition) is 4. The van der Waals surface area contributed by atoms with Gasteiger partial charge in [-0.15, -0.1) is 0 Å². The van der Waals surface area contributed by atoms with Crippen LogP contribution in [0.4, 0.5) is 0 Å². The van der Waals surface area contributed by atoms with E-state index in [0.717, 1.165) is 24.2 Å². The number of nitrogens with one attached hydrogen (secondary N) is 1. The van der Waals surface area contributed by atoms with Crippen molar-refractivity contribution in [3.05, 3.63) is 0 Å². The molecule has 0 spiro atoms. The van der Waals surface area contributed by atoms with Crippen molar-refractivity contribution in [2.24, 2.45) is 11.8 Å². The highest BCUT2D eigenvalue weighted by Crippen LogP contribution is 2.16. The molecule has 0 aromatic heterocycles. The highest BCUT2D eigenvalue weighted by Gasteiger charge is 2.20. The van der Waals surface area contributed by atoms with E-state index in [1.165, 1.54) is 0 Å². The van der Waals surface area contributed by atoms with E-state index >= 15 is 0 Å². The molecule has 0 aromatic carbocycles. The lowest BCUT2D eigenvalue weighted by Crippen LogP contribution is -2.41. The summed E-state index contributed by atoms with van der Waals surface area (Å²) in [5, 5.41) is 20.0. The summed E-state index contributed by atoms with van der Waals surface area (Å²) in [6.45, 7) is 4.71. The molecule has 138 valence electrons. The fourth-order valence-corrected chi connectivity index (χ4v) is 2.51. The van der Waals surface area contributed by atoms with Crippen molar-refractivity contribution in [1.29, 1.82) is 0 Å². The lowest BCUT2D eigenvalue weighted by Gasteiger charge is -2.19. The summed E-state index contributed by atoms with van der Waals surface area (Å²) in [7, 11) is 0. The molecule has 0 aliphatic carbocycles. The standard InChI is InChI=1S/C16H28N2O6/c1-4-5-11(2)8-12(3)16(24)17-7-6-13(19)18(9-14(20)21)10-15(22)23/h11-12H,4-10H2,1-3H3,(H,17,24)(H,20,21)(H,22,23). The van der Waals surface area contributed by atoms with Crippen molar-refractivity contribution in [3.8, 4) is 0 Å². The van der Waals surface area contributed by atoms with E-state index in [2.05, 4.69) is 19.2 Å². The normalized spacial score (nSPS) is 13.0. The third-order valence-electron chi connectivity index (χ3n) is 3.63. The van der Waals surface area contributed by atoms with Gasteiger partial charge in [-0.1, -0.05) is 33.6 Å². The van der Waals surface area contributed by atoms with Crippen LogP contribution in [-0.4, -0.2) is 58.5 Å². The molecule has 0 heterocycles. The first kappa shape index (κ1) is 21.9. The Bertz CT molecular complexity index is 436. The summed E-state index contributed by atoms with van der Waals surface area (Å²) in [6.07, 6.45) is 2.74. The summed E-state index contributed by atoms with van der Waals surface area (Å²) in [5.74, 6) is -3.07. The number of nitrogens with zero attached hydrogens (tertiary/aromatic N) is 1. The largest absolute Gasteiger partial charge is 0.480 e. The third kappa shape index (κ3) is 9.81. The molecule has 0 rings (SSSR count).